The summed E-state index contributed by atoms with van der Waals surface area (Å²) in [6.45, 7) is 1.81. The van der Waals surface area contributed by atoms with Crippen molar-refractivity contribution in [3.8, 4) is 0 Å². The molecule has 0 spiro atoms. The minimum Gasteiger partial charge on any atom is -0.465 e. The van der Waals surface area contributed by atoms with Gasteiger partial charge in [0.1, 0.15) is 0 Å². The molecule has 1 atom stereocenters. The molecule has 0 aliphatic carbocycles. The Hall–Kier alpha value is -3.19. The molecular formula is C20H19N3O3S. The first kappa shape index (κ1) is 18.6. The third kappa shape index (κ3) is 4.15. The van der Waals surface area contributed by atoms with Gasteiger partial charge in [-0.1, -0.05) is 30.3 Å². The highest BCUT2D eigenvalue weighted by atomic mass is 32.1. The first-order valence-electron chi connectivity index (χ1n) is 8.32. The first-order valence-corrected chi connectivity index (χ1v) is 8.73. The summed E-state index contributed by atoms with van der Waals surface area (Å²) in [4.78, 5) is 24.6. The minimum absolute atomic E-state index is 0.233. The number of allylic oxidation sites excluding steroid dienone is 1. The van der Waals surface area contributed by atoms with Crippen molar-refractivity contribution < 1.29 is 14.3 Å². The summed E-state index contributed by atoms with van der Waals surface area (Å²) in [5.74, 6) is -0.646. The van der Waals surface area contributed by atoms with E-state index < -0.39 is 12.0 Å². The molecule has 0 radical (unpaired) electrons. The maximum absolute atomic E-state index is 12.9. The third-order valence-corrected chi connectivity index (χ3v) is 4.43. The molecule has 0 saturated heterocycles. The van der Waals surface area contributed by atoms with Gasteiger partial charge in [0.15, 0.2) is 5.11 Å². The Morgan fingerprint density at radius 2 is 1.74 bits per heavy atom. The average molecular weight is 381 g/mol. The molecule has 2 aromatic carbocycles. The van der Waals surface area contributed by atoms with E-state index in [9.17, 15) is 9.59 Å². The van der Waals surface area contributed by atoms with E-state index in [0.29, 0.717) is 27.6 Å². The van der Waals surface area contributed by atoms with Crippen LogP contribution in [0.5, 0.6) is 0 Å². The molecule has 0 bridgehead atoms. The van der Waals surface area contributed by atoms with Gasteiger partial charge in [-0.15, -0.1) is 0 Å². The molecule has 6 nitrogen and oxygen atoms in total. The van der Waals surface area contributed by atoms with Crippen LogP contribution in [0.3, 0.4) is 0 Å². The number of methoxy groups -OCH3 is 1. The number of para-hydroxylation sites is 1. The minimum atomic E-state index is -0.436. The Labute approximate surface area is 162 Å². The monoisotopic (exact) mass is 381 g/mol. The zero-order chi connectivity index (χ0) is 19.4. The van der Waals surface area contributed by atoms with E-state index in [1.54, 1.807) is 24.3 Å². The fraction of sp³-hybridized carbons (Fsp3) is 0.150. The first-order chi connectivity index (χ1) is 13.0. The molecule has 0 unspecified atom stereocenters. The van der Waals surface area contributed by atoms with Crippen LogP contribution in [0.4, 0.5) is 5.69 Å². The topological polar surface area (TPSA) is 79.5 Å². The van der Waals surface area contributed by atoms with Crippen LogP contribution in [-0.4, -0.2) is 24.1 Å². The number of carbonyl (C=O) groups excluding carboxylic acids is 2. The lowest BCUT2D eigenvalue weighted by molar-refractivity contribution is -0.113. The molecule has 7 heteroatoms. The van der Waals surface area contributed by atoms with Gasteiger partial charge in [-0.05, 0) is 49.0 Å². The van der Waals surface area contributed by atoms with E-state index in [0.717, 1.165) is 5.56 Å². The van der Waals surface area contributed by atoms with Gasteiger partial charge >= 0.3 is 5.97 Å². The van der Waals surface area contributed by atoms with Crippen LogP contribution in [0.1, 0.15) is 28.9 Å². The molecule has 138 valence electrons. The number of carbonyl (C=O) groups is 2. The lowest BCUT2D eigenvalue weighted by atomic mass is 9.94. The van der Waals surface area contributed by atoms with Gasteiger partial charge < -0.3 is 20.7 Å². The molecule has 2 aromatic rings. The zero-order valence-corrected chi connectivity index (χ0v) is 15.7. The molecule has 3 rings (SSSR count). The van der Waals surface area contributed by atoms with Crippen molar-refractivity contribution in [2.45, 2.75) is 13.0 Å². The van der Waals surface area contributed by atoms with Crippen LogP contribution in [-0.2, 0) is 9.53 Å². The second-order valence-corrected chi connectivity index (χ2v) is 6.41. The van der Waals surface area contributed by atoms with E-state index in [2.05, 4.69) is 16.0 Å². The summed E-state index contributed by atoms with van der Waals surface area (Å²) in [5, 5.41) is 9.46. The van der Waals surface area contributed by atoms with Crippen LogP contribution in [0.25, 0.3) is 0 Å². The number of rotatable bonds is 4. The van der Waals surface area contributed by atoms with Crippen LogP contribution < -0.4 is 16.0 Å². The molecule has 27 heavy (non-hydrogen) atoms. The van der Waals surface area contributed by atoms with Crippen molar-refractivity contribution in [1.82, 2.24) is 10.6 Å². The second kappa shape index (κ2) is 8.01. The summed E-state index contributed by atoms with van der Waals surface area (Å²) >= 11 is 5.25. The van der Waals surface area contributed by atoms with Crippen molar-refractivity contribution in [3.05, 3.63) is 77.0 Å². The number of anilines is 1. The Morgan fingerprint density at radius 1 is 1.07 bits per heavy atom. The summed E-state index contributed by atoms with van der Waals surface area (Å²) in [5.41, 5.74) is 3.15. The molecule has 1 amide bonds. The van der Waals surface area contributed by atoms with Gasteiger partial charge in [0.05, 0.1) is 24.3 Å². The highest BCUT2D eigenvalue weighted by molar-refractivity contribution is 7.80. The van der Waals surface area contributed by atoms with E-state index in [-0.39, 0.29) is 5.91 Å². The smallest absolute Gasteiger partial charge is 0.337 e. The lowest BCUT2D eigenvalue weighted by Gasteiger charge is -2.30. The van der Waals surface area contributed by atoms with Gasteiger partial charge in [-0.25, -0.2) is 4.79 Å². The molecule has 1 heterocycles. The van der Waals surface area contributed by atoms with Crippen LogP contribution in [0.15, 0.2) is 65.9 Å². The zero-order valence-electron chi connectivity index (χ0n) is 14.9. The van der Waals surface area contributed by atoms with Gasteiger partial charge in [-0.3, -0.25) is 4.79 Å². The number of hydrogen-bond donors (Lipinski definition) is 3. The van der Waals surface area contributed by atoms with Crippen LogP contribution >= 0.6 is 12.2 Å². The molecule has 3 N–H and O–H groups in total. The Kier molecular flexibility index (Phi) is 5.52. The maximum Gasteiger partial charge on any atom is 0.337 e. The summed E-state index contributed by atoms with van der Waals surface area (Å²) in [6.07, 6.45) is 0. The number of amides is 1. The van der Waals surface area contributed by atoms with E-state index >= 15 is 0 Å². The van der Waals surface area contributed by atoms with E-state index in [1.165, 1.54) is 7.11 Å². The van der Waals surface area contributed by atoms with Crippen molar-refractivity contribution in [3.63, 3.8) is 0 Å². The molecular weight excluding hydrogens is 362 g/mol. The van der Waals surface area contributed by atoms with Gasteiger partial charge in [-0.2, -0.15) is 0 Å². The fourth-order valence-corrected chi connectivity index (χ4v) is 3.17. The standard InChI is InChI=1S/C20H19N3O3S/c1-12-16(18(24)22-15-6-4-3-5-7-15)17(23-20(27)21-12)13-8-10-14(11-9-13)19(25)26-2/h3-11,17H,1-2H3,(H,22,24)(H2,21,23,27)/t17-/m1/s1. The number of thiocarbonyl (C=S) groups is 1. The predicted octanol–water partition coefficient (Wildman–Crippen LogP) is 2.90. The number of benzene rings is 2. The summed E-state index contributed by atoms with van der Waals surface area (Å²) < 4.78 is 4.72. The van der Waals surface area contributed by atoms with Gasteiger partial charge in [0, 0.05) is 11.4 Å². The normalized spacial score (nSPS) is 16.2. The number of esters is 1. The summed E-state index contributed by atoms with van der Waals surface area (Å²) in [7, 11) is 1.33. The number of hydrogen-bond acceptors (Lipinski definition) is 4. The largest absolute Gasteiger partial charge is 0.465 e. The Morgan fingerprint density at radius 3 is 2.37 bits per heavy atom. The van der Waals surface area contributed by atoms with Gasteiger partial charge in [0.2, 0.25) is 0 Å². The van der Waals surface area contributed by atoms with Crippen LogP contribution in [0.2, 0.25) is 0 Å². The molecule has 0 saturated carbocycles. The number of ether oxygens (including phenoxy) is 1. The highest BCUT2D eigenvalue weighted by Crippen LogP contribution is 2.28. The van der Waals surface area contributed by atoms with Crippen molar-refractivity contribution in [2.24, 2.45) is 0 Å². The van der Waals surface area contributed by atoms with Crippen molar-refractivity contribution >= 4 is 34.9 Å². The SMILES string of the molecule is COC(=O)c1ccc([C@H]2NC(=S)NC(C)=C2C(=O)Nc2ccccc2)cc1. The fourth-order valence-electron chi connectivity index (χ4n) is 2.89. The summed E-state index contributed by atoms with van der Waals surface area (Å²) in [6, 6.07) is 15.7. The second-order valence-electron chi connectivity index (χ2n) is 6.00. The Bertz CT molecular complexity index is 908. The highest BCUT2D eigenvalue weighted by Gasteiger charge is 2.30. The van der Waals surface area contributed by atoms with E-state index in [4.69, 9.17) is 17.0 Å². The average Bonchev–Trinajstić information content (AvgIpc) is 2.67. The molecule has 1 aliphatic heterocycles. The molecule has 0 fully saturated rings. The van der Waals surface area contributed by atoms with E-state index in [1.807, 2.05) is 37.3 Å². The third-order valence-electron chi connectivity index (χ3n) is 4.21. The molecule has 1 aliphatic rings. The Balaban J connectivity index is 1.92. The quantitative estimate of drug-likeness (QED) is 0.558. The van der Waals surface area contributed by atoms with Crippen LogP contribution in [0, 0.1) is 0 Å². The predicted molar refractivity (Wildman–Crippen MR) is 107 cm³/mol. The van der Waals surface area contributed by atoms with Gasteiger partial charge in [0.25, 0.3) is 5.91 Å². The van der Waals surface area contributed by atoms with Crippen molar-refractivity contribution in [2.75, 3.05) is 12.4 Å². The maximum atomic E-state index is 12.9. The lowest BCUT2D eigenvalue weighted by Crippen LogP contribution is -2.45. The van der Waals surface area contributed by atoms with Crippen molar-refractivity contribution in [1.29, 1.82) is 0 Å². The molecule has 0 aromatic heterocycles. The number of nitrogens with one attached hydrogen (secondary N) is 3.